The molecule has 1 aromatic carbocycles. The van der Waals surface area contributed by atoms with Gasteiger partial charge >= 0.3 is 0 Å². The Morgan fingerprint density at radius 1 is 1.24 bits per heavy atom. The number of carbonyl (C=O) groups is 1. The second kappa shape index (κ2) is 5.75. The van der Waals surface area contributed by atoms with E-state index in [1.54, 1.807) is 11.6 Å². The first-order valence-corrected chi connectivity index (χ1v) is 9.60. The van der Waals surface area contributed by atoms with Gasteiger partial charge in [-0.3, -0.25) is 4.79 Å². The smallest absolute Gasteiger partial charge is 0.270 e. The molecule has 0 spiro atoms. The van der Waals surface area contributed by atoms with Gasteiger partial charge in [0.2, 0.25) is 0 Å². The summed E-state index contributed by atoms with van der Waals surface area (Å²) in [7, 11) is 0. The van der Waals surface area contributed by atoms with E-state index >= 15 is 0 Å². The quantitative estimate of drug-likeness (QED) is 0.572. The summed E-state index contributed by atoms with van der Waals surface area (Å²) in [4.78, 5) is 22.1. The van der Waals surface area contributed by atoms with E-state index in [9.17, 15) is 4.79 Å². The van der Waals surface area contributed by atoms with Gasteiger partial charge < -0.3 is 9.84 Å². The SMILES string of the molecule is O=C(Nc1ccsc1-c1nc(C2CC2)no1)c1ccc2ncsc2c1. The number of hydrogen-bond acceptors (Lipinski definition) is 7. The molecule has 1 N–H and O–H groups in total. The van der Waals surface area contributed by atoms with Gasteiger partial charge in [-0.2, -0.15) is 4.98 Å². The van der Waals surface area contributed by atoms with Gasteiger partial charge in [-0.15, -0.1) is 22.7 Å². The number of thiazole rings is 1. The Morgan fingerprint density at radius 3 is 3.04 bits per heavy atom. The standard InChI is InChI=1S/C17H12N4O2S2/c22-16(10-3-4-11-13(7-10)25-8-18-11)19-12-5-6-24-14(12)17-20-15(21-23-17)9-1-2-9/h3-9H,1-2H2,(H,19,22). The third-order valence-corrected chi connectivity index (χ3v) is 5.78. The summed E-state index contributed by atoms with van der Waals surface area (Å²) in [5.41, 5.74) is 3.95. The highest BCUT2D eigenvalue weighted by atomic mass is 32.1. The third kappa shape index (κ3) is 2.73. The first-order valence-electron chi connectivity index (χ1n) is 7.84. The highest BCUT2D eigenvalue weighted by Gasteiger charge is 2.29. The Labute approximate surface area is 150 Å². The topological polar surface area (TPSA) is 80.9 Å². The van der Waals surface area contributed by atoms with Crippen molar-refractivity contribution in [2.75, 3.05) is 5.32 Å². The molecule has 8 heteroatoms. The predicted octanol–water partition coefficient (Wildman–Crippen LogP) is 4.54. The van der Waals surface area contributed by atoms with Crippen molar-refractivity contribution in [3.05, 3.63) is 46.5 Å². The lowest BCUT2D eigenvalue weighted by Gasteiger charge is -2.04. The molecule has 25 heavy (non-hydrogen) atoms. The van der Waals surface area contributed by atoms with Crippen molar-refractivity contribution in [3.63, 3.8) is 0 Å². The normalized spacial score (nSPS) is 14.1. The van der Waals surface area contributed by atoms with Crippen LogP contribution in [-0.2, 0) is 0 Å². The molecular weight excluding hydrogens is 356 g/mol. The number of aromatic nitrogens is 3. The van der Waals surface area contributed by atoms with Crippen molar-refractivity contribution in [3.8, 4) is 10.8 Å². The summed E-state index contributed by atoms with van der Waals surface area (Å²) in [5, 5.41) is 8.89. The van der Waals surface area contributed by atoms with Gasteiger partial charge in [0.25, 0.3) is 11.8 Å². The molecule has 1 aliphatic carbocycles. The number of amides is 1. The Morgan fingerprint density at radius 2 is 2.16 bits per heavy atom. The molecule has 1 fully saturated rings. The summed E-state index contributed by atoms with van der Waals surface area (Å²) in [6.07, 6.45) is 2.24. The lowest BCUT2D eigenvalue weighted by molar-refractivity contribution is 0.102. The van der Waals surface area contributed by atoms with Gasteiger partial charge in [-0.1, -0.05) is 5.16 Å². The zero-order valence-electron chi connectivity index (χ0n) is 12.9. The average Bonchev–Trinajstić information content (AvgIpc) is 3.04. The molecule has 3 aromatic heterocycles. The van der Waals surface area contributed by atoms with Crippen LogP contribution < -0.4 is 5.32 Å². The van der Waals surface area contributed by atoms with Crippen LogP contribution in [0.1, 0.15) is 34.9 Å². The molecule has 124 valence electrons. The van der Waals surface area contributed by atoms with Crippen LogP contribution in [0.3, 0.4) is 0 Å². The van der Waals surface area contributed by atoms with Crippen LogP contribution in [0.15, 0.2) is 39.7 Å². The number of fused-ring (bicyclic) bond motifs is 1. The molecular formula is C17H12N4O2S2. The second-order valence-electron chi connectivity index (χ2n) is 5.88. The summed E-state index contributed by atoms with van der Waals surface area (Å²) in [5.74, 6) is 1.49. The summed E-state index contributed by atoms with van der Waals surface area (Å²) in [6.45, 7) is 0. The Bertz CT molecular complexity index is 1080. The Kier molecular flexibility index (Phi) is 3.39. The van der Waals surface area contributed by atoms with E-state index in [-0.39, 0.29) is 5.91 Å². The number of rotatable bonds is 4. The number of nitrogens with zero attached hydrogens (tertiary/aromatic N) is 3. The number of anilines is 1. The lowest BCUT2D eigenvalue weighted by atomic mass is 10.2. The first kappa shape index (κ1) is 14.7. The highest BCUT2D eigenvalue weighted by Crippen LogP contribution is 2.40. The molecule has 1 saturated carbocycles. The van der Waals surface area contributed by atoms with Crippen molar-refractivity contribution < 1.29 is 9.32 Å². The second-order valence-corrected chi connectivity index (χ2v) is 7.69. The molecule has 1 amide bonds. The van der Waals surface area contributed by atoms with E-state index in [2.05, 4.69) is 20.4 Å². The van der Waals surface area contributed by atoms with Gasteiger partial charge in [0.05, 0.1) is 21.4 Å². The molecule has 0 atom stereocenters. The zero-order valence-corrected chi connectivity index (χ0v) is 14.6. The molecule has 0 aliphatic heterocycles. The van der Waals surface area contributed by atoms with Crippen LogP contribution in [0.5, 0.6) is 0 Å². The van der Waals surface area contributed by atoms with Gasteiger partial charge in [-0.05, 0) is 42.5 Å². The molecule has 5 rings (SSSR count). The van der Waals surface area contributed by atoms with Crippen LogP contribution in [0.4, 0.5) is 5.69 Å². The maximum Gasteiger partial charge on any atom is 0.270 e. The van der Waals surface area contributed by atoms with E-state index in [0.29, 0.717) is 23.1 Å². The van der Waals surface area contributed by atoms with E-state index in [4.69, 9.17) is 4.52 Å². The molecule has 0 unspecified atom stereocenters. The van der Waals surface area contributed by atoms with Crippen LogP contribution in [-0.4, -0.2) is 21.0 Å². The van der Waals surface area contributed by atoms with E-state index in [1.165, 1.54) is 22.7 Å². The first-order chi connectivity index (χ1) is 12.3. The van der Waals surface area contributed by atoms with Crippen molar-refractivity contribution in [2.45, 2.75) is 18.8 Å². The maximum atomic E-state index is 12.6. The van der Waals surface area contributed by atoms with Crippen molar-refractivity contribution in [1.29, 1.82) is 0 Å². The molecule has 0 radical (unpaired) electrons. The van der Waals surface area contributed by atoms with Gasteiger partial charge in [0.1, 0.15) is 4.88 Å². The molecule has 0 bridgehead atoms. The van der Waals surface area contributed by atoms with E-state index < -0.39 is 0 Å². The van der Waals surface area contributed by atoms with E-state index in [0.717, 1.165) is 33.8 Å². The predicted molar refractivity (Wildman–Crippen MR) is 97.2 cm³/mol. The Balaban J connectivity index is 1.41. The number of hydrogen-bond donors (Lipinski definition) is 1. The minimum absolute atomic E-state index is 0.170. The minimum atomic E-state index is -0.170. The van der Waals surface area contributed by atoms with Gasteiger partial charge in [-0.25, -0.2) is 4.98 Å². The van der Waals surface area contributed by atoms with Gasteiger partial charge in [0.15, 0.2) is 5.82 Å². The minimum Gasteiger partial charge on any atom is -0.333 e. The molecule has 6 nitrogen and oxygen atoms in total. The highest BCUT2D eigenvalue weighted by molar-refractivity contribution is 7.16. The number of thiophene rings is 1. The zero-order chi connectivity index (χ0) is 16.8. The monoisotopic (exact) mass is 368 g/mol. The lowest BCUT2D eigenvalue weighted by Crippen LogP contribution is -2.11. The fourth-order valence-corrected chi connectivity index (χ4v) is 4.08. The van der Waals surface area contributed by atoms with Crippen LogP contribution in [0, 0.1) is 0 Å². The molecule has 0 saturated heterocycles. The Hall–Kier alpha value is -2.58. The van der Waals surface area contributed by atoms with Crippen LogP contribution in [0.25, 0.3) is 21.0 Å². The van der Waals surface area contributed by atoms with Gasteiger partial charge in [0, 0.05) is 11.5 Å². The number of benzene rings is 1. The third-order valence-electron chi connectivity index (χ3n) is 4.09. The number of carbonyl (C=O) groups excluding carboxylic acids is 1. The van der Waals surface area contributed by atoms with Crippen molar-refractivity contribution in [1.82, 2.24) is 15.1 Å². The van der Waals surface area contributed by atoms with Crippen LogP contribution in [0.2, 0.25) is 0 Å². The molecule has 4 aromatic rings. The summed E-state index contributed by atoms with van der Waals surface area (Å²) >= 11 is 2.99. The molecule has 3 heterocycles. The summed E-state index contributed by atoms with van der Waals surface area (Å²) < 4.78 is 6.37. The summed E-state index contributed by atoms with van der Waals surface area (Å²) in [6, 6.07) is 7.34. The van der Waals surface area contributed by atoms with Crippen molar-refractivity contribution in [2.24, 2.45) is 0 Å². The fourth-order valence-electron chi connectivity index (χ4n) is 2.60. The van der Waals surface area contributed by atoms with Crippen molar-refractivity contribution >= 4 is 44.5 Å². The largest absolute Gasteiger partial charge is 0.333 e. The fraction of sp³-hybridized carbons (Fsp3) is 0.176. The number of nitrogens with one attached hydrogen (secondary N) is 1. The van der Waals surface area contributed by atoms with Crippen LogP contribution >= 0.6 is 22.7 Å². The molecule has 1 aliphatic rings. The average molecular weight is 368 g/mol. The maximum absolute atomic E-state index is 12.6. The van der Waals surface area contributed by atoms with E-state index in [1.807, 2.05) is 23.6 Å².